The van der Waals surface area contributed by atoms with Gasteiger partial charge in [0.2, 0.25) is 0 Å². The second-order valence-corrected chi connectivity index (χ2v) is 5.81. The summed E-state index contributed by atoms with van der Waals surface area (Å²) in [5, 5.41) is 5.61. The fourth-order valence-corrected chi connectivity index (χ4v) is 2.46. The topological polar surface area (TPSA) is 54.9 Å². The van der Waals surface area contributed by atoms with Crippen LogP contribution in [0.4, 0.5) is 5.13 Å². The average molecular weight is 316 g/mol. The molecule has 0 aromatic carbocycles. The van der Waals surface area contributed by atoms with Crippen molar-refractivity contribution in [1.29, 1.82) is 0 Å². The van der Waals surface area contributed by atoms with Crippen LogP contribution in [0, 0.1) is 0 Å². The Morgan fingerprint density at radius 1 is 1.42 bits per heavy atom. The molecule has 7 heteroatoms. The van der Waals surface area contributed by atoms with E-state index in [1.165, 1.54) is 23.6 Å². The van der Waals surface area contributed by atoms with E-state index >= 15 is 0 Å². The molecule has 0 unspecified atom stereocenters. The van der Waals surface area contributed by atoms with Gasteiger partial charge in [-0.15, -0.1) is 11.3 Å². The number of anilines is 1. The molecular weight excluding hydrogens is 305 g/mol. The molecular formula is C12H11Cl2N3OS. The van der Waals surface area contributed by atoms with E-state index in [0.717, 1.165) is 5.69 Å². The van der Waals surface area contributed by atoms with E-state index in [2.05, 4.69) is 15.3 Å². The molecule has 1 amide bonds. The van der Waals surface area contributed by atoms with Crippen molar-refractivity contribution in [2.24, 2.45) is 0 Å². The fourth-order valence-electron chi connectivity index (χ4n) is 1.32. The van der Waals surface area contributed by atoms with Crippen molar-refractivity contribution >= 4 is 45.6 Å². The molecule has 2 rings (SSSR count). The summed E-state index contributed by atoms with van der Waals surface area (Å²) in [4.78, 5) is 20.1. The third-order valence-corrected chi connectivity index (χ3v) is 3.85. The summed E-state index contributed by atoms with van der Waals surface area (Å²) in [6.07, 6.45) is 1.38. The summed E-state index contributed by atoms with van der Waals surface area (Å²) in [5.41, 5.74) is 1.29. The van der Waals surface area contributed by atoms with E-state index in [0.29, 0.717) is 16.6 Å². The number of carbonyl (C=O) groups is 1. The van der Waals surface area contributed by atoms with Crippen molar-refractivity contribution < 1.29 is 4.79 Å². The first-order chi connectivity index (χ1) is 8.97. The molecule has 0 atom stereocenters. The van der Waals surface area contributed by atoms with E-state index in [1.54, 1.807) is 0 Å². The summed E-state index contributed by atoms with van der Waals surface area (Å²) in [7, 11) is 0. The molecule has 0 bridgehead atoms. The summed E-state index contributed by atoms with van der Waals surface area (Å²) < 4.78 is 0. The van der Waals surface area contributed by atoms with Crippen LogP contribution in [0.2, 0.25) is 10.2 Å². The molecule has 0 radical (unpaired) electrons. The first-order valence-corrected chi connectivity index (χ1v) is 7.18. The van der Waals surface area contributed by atoms with Gasteiger partial charge < -0.3 is 0 Å². The lowest BCUT2D eigenvalue weighted by molar-refractivity contribution is 0.102. The Kier molecular flexibility index (Phi) is 4.39. The molecule has 100 valence electrons. The number of pyridine rings is 1. The van der Waals surface area contributed by atoms with E-state index in [1.807, 2.05) is 19.2 Å². The maximum atomic E-state index is 12.0. The standard InChI is InChI=1S/C12H11Cl2N3OS/c1-6(2)9-5-19-12(16-9)17-11(18)7-3-8(13)10(14)15-4-7/h3-6H,1-2H3,(H,16,17,18). The van der Waals surface area contributed by atoms with E-state index in [-0.39, 0.29) is 16.1 Å². The van der Waals surface area contributed by atoms with Crippen LogP contribution in [0.5, 0.6) is 0 Å². The molecule has 0 aliphatic rings. The molecule has 0 saturated heterocycles. The molecule has 0 saturated carbocycles. The minimum Gasteiger partial charge on any atom is -0.298 e. The van der Waals surface area contributed by atoms with Gasteiger partial charge in [0, 0.05) is 11.6 Å². The van der Waals surface area contributed by atoms with Gasteiger partial charge in [-0.25, -0.2) is 9.97 Å². The number of hydrogen-bond donors (Lipinski definition) is 1. The van der Waals surface area contributed by atoms with E-state index in [9.17, 15) is 4.79 Å². The van der Waals surface area contributed by atoms with E-state index in [4.69, 9.17) is 23.2 Å². The highest BCUT2D eigenvalue weighted by Gasteiger charge is 2.12. The third-order valence-electron chi connectivity index (χ3n) is 2.39. The number of nitrogens with one attached hydrogen (secondary N) is 1. The molecule has 2 aromatic rings. The van der Waals surface area contributed by atoms with Crippen molar-refractivity contribution in [2.75, 3.05) is 5.32 Å². The van der Waals surface area contributed by atoms with Gasteiger partial charge in [-0.2, -0.15) is 0 Å². The minimum atomic E-state index is -0.310. The number of nitrogens with zero attached hydrogens (tertiary/aromatic N) is 2. The number of thiazole rings is 1. The second-order valence-electron chi connectivity index (χ2n) is 4.18. The smallest absolute Gasteiger partial charge is 0.259 e. The van der Waals surface area contributed by atoms with Gasteiger partial charge in [0.15, 0.2) is 5.13 Å². The summed E-state index contributed by atoms with van der Waals surface area (Å²) in [6, 6.07) is 1.48. The van der Waals surface area contributed by atoms with Crippen LogP contribution < -0.4 is 5.32 Å². The van der Waals surface area contributed by atoms with Crippen molar-refractivity contribution in [2.45, 2.75) is 19.8 Å². The summed E-state index contributed by atoms with van der Waals surface area (Å²) >= 11 is 12.9. The number of amides is 1. The van der Waals surface area contributed by atoms with Gasteiger partial charge in [0.1, 0.15) is 5.15 Å². The van der Waals surface area contributed by atoms with Crippen molar-refractivity contribution in [3.63, 3.8) is 0 Å². The quantitative estimate of drug-likeness (QED) is 0.863. The van der Waals surface area contributed by atoms with Crippen LogP contribution in [-0.2, 0) is 0 Å². The third kappa shape index (κ3) is 3.43. The maximum absolute atomic E-state index is 12.0. The van der Waals surface area contributed by atoms with Crippen LogP contribution in [0.3, 0.4) is 0 Å². The highest BCUT2D eigenvalue weighted by atomic mass is 35.5. The monoisotopic (exact) mass is 315 g/mol. The van der Waals surface area contributed by atoms with Crippen LogP contribution in [0.1, 0.15) is 35.8 Å². The summed E-state index contributed by atoms with van der Waals surface area (Å²) in [6.45, 7) is 4.09. The lowest BCUT2D eigenvalue weighted by atomic mass is 10.2. The number of rotatable bonds is 3. The predicted molar refractivity (Wildman–Crippen MR) is 78.4 cm³/mol. The minimum absolute atomic E-state index is 0.176. The molecule has 0 spiro atoms. The largest absolute Gasteiger partial charge is 0.298 e. The van der Waals surface area contributed by atoms with E-state index < -0.39 is 0 Å². The fraction of sp³-hybridized carbons (Fsp3) is 0.250. The number of hydrogen-bond acceptors (Lipinski definition) is 4. The van der Waals surface area contributed by atoms with Crippen LogP contribution in [0.15, 0.2) is 17.6 Å². The van der Waals surface area contributed by atoms with Crippen molar-refractivity contribution in [1.82, 2.24) is 9.97 Å². The first kappa shape index (κ1) is 14.2. The van der Waals surface area contributed by atoms with Gasteiger partial charge in [-0.1, -0.05) is 37.0 Å². The maximum Gasteiger partial charge on any atom is 0.259 e. The van der Waals surface area contributed by atoms with Crippen LogP contribution in [-0.4, -0.2) is 15.9 Å². The molecule has 2 aromatic heterocycles. The summed E-state index contributed by atoms with van der Waals surface area (Å²) in [5.74, 6) is 0.0178. The van der Waals surface area contributed by atoms with Gasteiger partial charge in [0.25, 0.3) is 5.91 Å². The SMILES string of the molecule is CC(C)c1csc(NC(=O)c2cnc(Cl)c(Cl)c2)n1. The van der Waals surface area contributed by atoms with Crippen LogP contribution >= 0.6 is 34.5 Å². The van der Waals surface area contributed by atoms with Crippen molar-refractivity contribution in [3.05, 3.63) is 39.1 Å². The number of halogens is 2. The molecule has 2 heterocycles. The Morgan fingerprint density at radius 3 is 2.74 bits per heavy atom. The van der Waals surface area contributed by atoms with Gasteiger partial charge in [0.05, 0.1) is 16.3 Å². The highest BCUT2D eigenvalue weighted by molar-refractivity contribution is 7.14. The Labute approximate surface area is 124 Å². The second kappa shape index (κ2) is 5.86. The molecule has 19 heavy (non-hydrogen) atoms. The Morgan fingerprint density at radius 2 is 2.16 bits per heavy atom. The van der Waals surface area contributed by atoms with Gasteiger partial charge in [-0.05, 0) is 12.0 Å². The molecule has 1 N–H and O–H groups in total. The lowest BCUT2D eigenvalue weighted by Crippen LogP contribution is -2.12. The lowest BCUT2D eigenvalue weighted by Gasteiger charge is -2.03. The molecule has 0 fully saturated rings. The molecule has 0 aliphatic carbocycles. The highest BCUT2D eigenvalue weighted by Crippen LogP contribution is 2.23. The predicted octanol–water partition coefficient (Wildman–Crippen LogP) is 4.22. The average Bonchev–Trinajstić information content (AvgIpc) is 2.81. The van der Waals surface area contributed by atoms with Crippen LogP contribution in [0.25, 0.3) is 0 Å². The number of aromatic nitrogens is 2. The zero-order valence-corrected chi connectivity index (χ0v) is 12.6. The Bertz CT molecular complexity index is 613. The zero-order chi connectivity index (χ0) is 14.0. The zero-order valence-electron chi connectivity index (χ0n) is 10.3. The Balaban J connectivity index is 2.13. The number of carbonyl (C=O) groups excluding carboxylic acids is 1. The molecule has 0 aliphatic heterocycles. The Hall–Kier alpha value is -1.17. The molecule has 4 nitrogen and oxygen atoms in total. The first-order valence-electron chi connectivity index (χ1n) is 5.55. The normalized spacial score (nSPS) is 10.8. The van der Waals surface area contributed by atoms with Gasteiger partial charge in [-0.3, -0.25) is 10.1 Å². The van der Waals surface area contributed by atoms with Crippen molar-refractivity contribution in [3.8, 4) is 0 Å². The van der Waals surface area contributed by atoms with Gasteiger partial charge >= 0.3 is 0 Å².